The molecule has 0 saturated carbocycles. The van der Waals surface area contributed by atoms with Gasteiger partial charge in [0, 0.05) is 29.1 Å². The van der Waals surface area contributed by atoms with Crippen LogP contribution in [0.2, 0.25) is 0 Å². The second kappa shape index (κ2) is 6.14. The maximum atomic E-state index is 11.0. The van der Waals surface area contributed by atoms with E-state index in [1.807, 2.05) is 13.8 Å². The molecular formula is C7H16N2O2S. The molecule has 0 rings (SSSR count). The number of hydrogen-bond donors (Lipinski definition) is 2. The average Bonchev–Trinajstić information content (AvgIpc) is 1.84. The largest absolute Gasteiger partial charge is 0.353 e. The first-order chi connectivity index (χ1) is 5.56. The van der Waals surface area contributed by atoms with Gasteiger partial charge in [-0.15, -0.1) is 0 Å². The van der Waals surface area contributed by atoms with E-state index in [0.29, 0.717) is 12.3 Å². The first-order valence-corrected chi connectivity index (χ1v) is 5.39. The van der Waals surface area contributed by atoms with Gasteiger partial charge in [-0.1, -0.05) is 0 Å². The van der Waals surface area contributed by atoms with Crippen molar-refractivity contribution in [2.75, 3.05) is 18.1 Å². The zero-order valence-corrected chi connectivity index (χ0v) is 8.32. The molecule has 72 valence electrons. The average molecular weight is 192 g/mol. The van der Waals surface area contributed by atoms with Crippen molar-refractivity contribution >= 4 is 16.7 Å². The van der Waals surface area contributed by atoms with Crippen LogP contribution >= 0.6 is 0 Å². The van der Waals surface area contributed by atoms with E-state index in [9.17, 15) is 9.00 Å². The molecule has 0 aromatic carbocycles. The highest BCUT2D eigenvalue weighted by molar-refractivity contribution is 7.85. The van der Waals surface area contributed by atoms with Crippen LogP contribution in [0.1, 0.15) is 13.8 Å². The zero-order chi connectivity index (χ0) is 9.56. The molecule has 1 amide bonds. The number of hydrogen-bond acceptors (Lipinski definition) is 3. The second-order valence-corrected chi connectivity index (χ2v) is 4.38. The van der Waals surface area contributed by atoms with Crippen LogP contribution < -0.4 is 11.1 Å². The molecule has 1 unspecified atom stereocenters. The SMILES string of the molecule is CC(C)NC(=O)CS(=O)CCN. The lowest BCUT2D eigenvalue weighted by atomic mass is 10.4. The number of rotatable bonds is 5. The molecule has 0 saturated heterocycles. The topological polar surface area (TPSA) is 72.2 Å². The van der Waals surface area contributed by atoms with Crippen molar-refractivity contribution in [1.82, 2.24) is 5.32 Å². The van der Waals surface area contributed by atoms with Gasteiger partial charge < -0.3 is 11.1 Å². The summed E-state index contributed by atoms with van der Waals surface area (Å²) in [5, 5.41) is 2.66. The van der Waals surface area contributed by atoms with Crippen molar-refractivity contribution in [2.45, 2.75) is 19.9 Å². The Morgan fingerprint density at radius 1 is 1.58 bits per heavy atom. The van der Waals surface area contributed by atoms with Gasteiger partial charge in [-0.25, -0.2) is 0 Å². The van der Waals surface area contributed by atoms with Gasteiger partial charge in [0.1, 0.15) is 5.75 Å². The summed E-state index contributed by atoms with van der Waals surface area (Å²) in [7, 11) is -1.10. The van der Waals surface area contributed by atoms with Crippen molar-refractivity contribution < 1.29 is 9.00 Å². The molecular weight excluding hydrogens is 176 g/mol. The van der Waals surface area contributed by atoms with Gasteiger partial charge in [0.05, 0.1) is 0 Å². The Bertz CT molecular complexity index is 171. The van der Waals surface area contributed by atoms with Crippen molar-refractivity contribution in [2.24, 2.45) is 5.73 Å². The van der Waals surface area contributed by atoms with E-state index in [0.717, 1.165) is 0 Å². The van der Waals surface area contributed by atoms with E-state index in [2.05, 4.69) is 5.32 Å². The first kappa shape index (κ1) is 11.6. The minimum atomic E-state index is -1.10. The van der Waals surface area contributed by atoms with Crippen molar-refractivity contribution in [1.29, 1.82) is 0 Å². The number of nitrogens with one attached hydrogen (secondary N) is 1. The van der Waals surface area contributed by atoms with Crippen LogP contribution in [0.25, 0.3) is 0 Å². The van der Waals surface area contributed by atoms with Gasteiger partial charge >= 0.3 is 0 Å². The Kier molecular flexibility index (Phi) is 5.92. The summed E-state index contributed by atoms with van der Waals surface area (Å²) in [5.74, 6) is 0.290. The normalized spacial score (nSPS) is 13.0. The van der Waals surface area contributed by atoms with Crippen LogP contribution in [-0.2, 0) is 15.6 Å². The smallest absolute Gasteiger partial charge is 0.232 e. The molecule has 0 aliphatic rings. The highest BCUT2D eigenvalue weighted by Crippen LogP contribution is 1.83. The fourth-order valence-electron chi connectivity index (χ4n) is 0.713. The Morgan fingerprint density at radius 3 is 2.58 bits per heavy atom. The summed E-state index contributed by atoms with van der Waals surface area (Å²) < 4.78 is 11.0. The quantitative estimate of drug-likeness (QED) is 0.600. The molecule has 3 N–H and O–H groups in total. The van der Waals surface area contributed by atoms with Gasteiger partial charge in [-0.3, -0.25) is 9.00 Å². The van der Waals surface area contributed by atoms with Crippen molar-refractivity contribution in [3.8, 4) is 0 Å². The molecule has 0 aromatic heterocycles. The van der Waals surface area contributed by atoms with Crippen LogP contribution in [0.5, 0.6) is 0 Å². The lowest BCUT2D eigenvalue weighted by Gasteiger charge is -2.07. The molecule has 12 heavy (non-hydrogen) atoms. The van der Waals surface area contributed by atoms with E-state index in [1.165, 1.54) is 0 Å². The lowest BCUT2D eigenvalue weighted by Crippen LogP contribution is -2.34. The molecule has 0 aliphatic carbocycles. The van der Waals surface area contributed by atoms with Gasteiger partial charge in [0.15, 0.2) is 0 Å². The summed E-state index contributed by atoms with van der Waals surface area (Å²) in [6.07, 6.45) is 0. The highest BCUT2D eigenvalue weighted by Gasteiger charge is 2.07. The predicted molar refractivity (Wildman–Crippen MR) is 50.2 cm³/mol. The molecule has 0 aromatic rings. The number of carbonyl (C=O) groups is 1. The fourth-order valence-corrected chi connectivity index (χ4v) is 1.50. The third kappa shape index (κ3) is 6.30. The summed E-state index contributed by atoms with van der Waals surface area (Å²) >= 11 is 0. The predicted octanol–water partition coefficient (Wildman–Crippen LogP) is -0.782. The van der Waals surface area contributed by atoms with Crippen molar-refractivity contribution in [3.05, 3.63) is 0 Å². The number of carbonyl (C=O) groups excluding carboxylic acids is 1. The third-order valence-electron chi connectivity index (χ3n) is 1.09. The first-order valence-electron chi connectivity index (χ1n) is 3.90. The molecule has 0 fully saturated rings. The van der Waals surface area contributed by atoms with E-state index < -0.39 is 10.8 Å². The van der Waals surface area contributed by atoms with Crippen LogP contribution in [-0.4, -0.2) is 34.2 Å². The summed E-state index contributed by atoms with van der Waals surface area (Å²) in [6.45, 7) is 4.09. The molecule has 1 atom stereocenters. The fraction of sp³-hybridized carbons (Fsp3) is 0.857. The monoisotopic (exact) mass is 192 g/mol. The molecule has 0 radical (unpaired) electrons. The molecule has 0 heterocycles. The minimum absolute atomic E-state index is 0.0649. The Labute approximate surface area is 75.4 Å². The van der Waals surface area contributed by atoms with E-state index >= 15 is 0 Å². The standard InChI is InChI=1S/C7H16N2O2S/c1-6(2)9-7(10)5-12(11)4-3-8/h6H,3-5,8H2,1-2H3,(H,9,10). The molecule has 0 spiro atoms. The van der Waals surface area contributed by atoms with Gasteiger partial charge in [-0.05, 0) is 13.8 Å². The summed E-state index contributed by atoms with van der Waals surface area (Å²) in [4.78, 5) is 11.0. The molecule has 0 bridgehead atoms. The maximum Gasteiger partial charge on any atom is 0.232 e. The Morgan fingerprint density at radius 2 is 2.17 bits per heavy atom. The molecule has 0 aliphatic heterocycles. The summed E-state index contributed by atoms with van der Waals surface area (Å²) in [6, 6.07) is 0.104. The van der Waals surface area contributed by atoms with Gasteiger partial charge in [0.25, 0.3) is 0 Å². The summed E-state index contributed by atoms with van der Waals surface area (Å²) in [5.41, 5.74) is 5.18. The van der Waals surface area contributed by atoms with Gasteiger partial charge in [-0.2, -0.15) is 0 Å². The lowest BCUT2D eigenvalue weighted by molar-refractivity contribution is -0.119. The van der Waals surface area contributed by atoms with E-state index in [4.69, 9.17) is 5.73 Å². The number of amides is 1. The van der Waals surface area contributed by atoms with Crippen LogP contribution in [0, 0.1) is 0 Å². The molecule has 4 nitrogen and oxygen atoms in total. The maximum absolute atomic E-state index is 11.0. The van der Waals surface area contributed by atoms with E-state index in [-0.39, 0.29) is 17.7 Å². The van der Waals surface area contributed by atoms with Crippen LogP contribution in [0.15, 0.2) is 0 Å². The number of nitrogens with two attached hydrogens (primary N) is 1. The van der Waals surface area contributed by atoms with Crippen molar-refractivity contribution in [3.63, 3.8) is 0 Å². The van der Waals surface area contributed by atoms with Gasteiger partial charge in [0.2, 0.25) is 5.91 Å². The highest BCUT2D eigenvalue weighted by atomic mass is 32.2. The third-order valence-corrected chi connectivity index (χ3v) is 2.36. The second-order valence-electron chi connectivity index (χ2n) is 2.80. The van der Waals surface area contributed by atoms with Crippen LogP contribution in [0.4, 0.5) is 0 Å². The Hall–Kier alpha value is -0.420. The van der Waals surface area contributed by atoms with Crippen LogP contribution in [0.3, 0.4) is 0 Å². The van der Waals surface area contributed by atoms with E-state index in [1.54, 1.807) is 0 Å². The zero-order valence-electron chi connectivity index (χ0n) is 7.50. The Balaban J connectivity index is 3.62. The minimum Gasteiger partial charge on any atom is -0.353 e. The molecule has 5 heteroatoms.